The number of fused-ring (bicyclic) bond motifs is 1. The van der Waals surface area contributed by atoms with Crippen molar-refractivity contribution in [1.29, 1.82) is 0 Å². The third-order valence-corrected chi connectivity index (χ3v) is 4.15. The molecule has 2 aromatic carbocycles. The third-order valence-electron chi connectivity index (χ3n) is 4.15. The van der Waals surface area contributed by atoms with E-state index in [1.54, 1.807) is 12.3 Å². The minimum Gasteiger partial charge on any atom is -0.491 e. The molecule has 0 saturated heterocycles. The van der Waals surface area contributed by atoms with Gasteiger partial charge in [0.2, 0.25) is 0 Å². The highest BCUT2D eigenvalue weighted by atomic mass is 19.1. The molecule has 0 fully saturated rings. The van der Waals surface area contributed by atoms with Crippen molar-refractivity contribution in [3.8, 4) is 16.9 Å². The van der Waals surface area contributed by atoms with E-state index in [0.717, 1.165) is 22.0 Å². The lowest BCUT2D eigenvalue weighted by molar-refractivity contribution is -0.137. The summed E-state index contributed by atoms with van der Waals surface area (Å²) in [4.78, 5) is 15.0. The maximum Gasteiger partial charge on any atom is 0.303 e. The molecule has 3 aromatic rings. The van der Waals surface area contributed by atoms with E-state index in [-0.39, 0.29) is 18.3 Å². The van der Waals surface area contributed by atoms with E-state index in [1.165, 1.54) is 12.1 Å². The number of rotatable bonds is 7. The Morgan fingerprint density at radius 2 is 2.04 bits per heavy atom. The fourth-order valence-electron chi connectivity index (χ4n) is 2.84. The highest BCUT2D eigenvalue weighted by Crippen LogP contribution is 2.26. The molecule has 134 valence electrons. The number of carboxylic acids is 1. The van der Waals surface area contributed by atoms with Gasteiger partial charge in [0.25, 0.3) is 0 Å². The number of hydrogen-bond donors (Lipinski definition) is 1. The largest absolute Gasteiger partial charge is 0.491 e. The molecule has 0 aliphatic heterocycles. The molecule has 4 nitrogen and oxygen atoms in total. The molecular formula is C21H20FNO3. The molecular weight excluding hydrogens is 333 g/mol. The van der Waals surface area contributed by atoms with Gasteiger partial charge < -0.3 is 9.84 Å². The second-order valence-electron chi connectivity index (χ2n) is 6.30. The summed E-state index contributed by atoms with van der Waals surface area (Å²) in [6.45, 7) is 1.92. The number of aliphatic carboxylic acids is 1. The number of halogens is 1. The van der Waals surface area contributed by atoms with E-state index < -0.39 is 5.97 Å². The number of nitrogens with zero attached hydrogens (tertiary/aromatic N) is 1. The van der Waals surface area contributed by atoms with Crippen LogP contribution in [0.3, 0.4) is 0 Å². The van der Waals surface area contributed by atoms with Crippen LogP contribution in [0.25, 0.3) is 22.0 Å². The molecule has 1 atom stereocenters. The summed E-state index contributed by atoms with van der Waals surface area (Å²) in [5, 5.41) is 9.60. The van der Waals surface area contributed by atoms with Crippen LogP contribution in [0, 0.1) is 5.82 Å². The van der Waals surface area contributed by atoms with Crippen LogP contribution >= 0.6 is 0 Å². The van der Waals surface area contributed by atoms with Crippen LogP contribution in [-0.4, -0.2) is 22.2 Å². The second-order valence-corrected chi connectivity index (χ2v) is 6.30. The Labute approximate surface area is 151 Å². The number of pyridine rings is 1. The fourth-order valence-corrected chi connectivity index (χ4v) is 2.84. The molecule has 1 unspecified atom stereocenters. The van der Waals surface area contributed by atoms with E-state index in [1.807, 2.05) is 37.3 Å². The monoisotopic (exact) mass is 353 g/mol. The Bertz CT molecular complexity index is 926. The van der Waals surface area contributed by atoms with Gasteiger partial charge in [-0.1, -0.05) is 12.1 Å². The van der Waals surface area contributed by atoms with Gasteiger partial charge in [0.1, 0.15) is 11.6 Å². The highest BCUT2D eigenvalue weighted by molar-refractivity contribution is 5.84. The number of ether oxygens (including phenoxy) is 1. The number of carbonyl (C=O) groups is 1. The number of aromatic nitrogens is 1. The van der Waals surface area contributed by atoms with E-state index in [4.69, 9.17) is 9.84 Å². The molecule has 26 heavy (non-hydrogen) atoms. The lowest BCUT2D eigenvalue weighted by Gasteiger charge is -2.14. The zero-order chi connectivity index (χ0) is 18.5. The Balaban J connectivity index is 1.77. The summed E-state index contributed by atoms with van der Waals surface area (Å²) in [6, 6.07) is 14.0. The Kier molecular flexibility index (Phi) is 5.46. The summed E-state index contributed by atoms with van der Waals surface area (Å²) in [6.07, 6.45) is 3.05. The van der Waals surface area contributed by atoms with Gasteiger partial charge in [-0.2, -0.15) is 0 Å². The van der Waals surface area contributed by atoms with E-state index >= 15 is 0 Å². The number of hydrogen-bond acceptors (Lipinski definition) is 3. The fraction of sp³-hybridized carbons (Fsp3) is 0.238. The van der Waals surface area contributed by atoms with Crippen molar-refractivity contribution >= 4 is 16.9 Å². The molecule has 0 aliphatic carbocycles. The molecule has 0 aliphatic rings. The first-order valence-electron chi connectivity index (χ1n) is 8.55. The third kappa shape index (κ3) is 4.57. The molecule has 3 rings (SSSR count). The average Bonchev–Trinajstić information content (AvgIpc) is 2.60. The van der Waals surface area contributed by atoms with Gasteiger partial charge in [0, 0.05) is 23.6 Å². The van der Waals surface area contributed by atoms with E-state index in [2.05, 4.69) is 4.98 Å². The van der Waals surface area contributed by atoms with Gasteiger partial charge in [-0.05, 0) is 61.7 Å². The Morgan fingerprint density at radius 1 is 1.19 bits per heavy atom. The van der Waals surface area contributed by atoms with Crippen LogP contribution in [0.1, 0.15) is 26.2 Å². The average molecular weight is 353 g/mol. The van der Waals surface area contributed by atoms with Crippen LogP contribution in [0.4, 0.5) is 4.39 Å². The first-order valence-corrected chi connectivity index (χ1v) is 8.55. The summed E-state index contributed by atoms with van der Waals surface area (Å²) in [5.41, 5.74) is 2.44. The first-order chi connectivity index (χ1) is 12.5. The van der Waals surface area contributed by atoms with Crippen LogP contribution in [0.5, 0.6) is 5.75 Å². The van der Waals surface area contributed by atoms with Crippen LogP contribution in [0.2, 0.25) is 0 Å². The lowest BCUT2D eigenvalue weighted by Crippen LogP contribution is -2.12. The molecule has 1 N–H and O–H groups in total. The maximum absolute atomic E-state index is 13.4. The van der Waals surface area contributed by atoms with Crippen LogP contribution in [-0.2, 0) is 4.79 Å². The van der Waals surface area contributed by atoms with Gasteiger partial charge in [0.15, 0.2) is 0 Å². The minimum atomic E-state index is -0.793. The van der Waals surface area contributed by atoms with Crippen molar-refractivity contribution in [3.05, 3.63) is 60.5 Å². The molecule has 1 aromatic heterocycles. The molecule has 0 radical (unpaired) electrons. The predicted molar refractivity (Wildman–Crippen MR) is 98.7 cm³/mol. The molecule has 0 spiro atoms. The summed E-state index contributed by atoms with van der Waals surface area (Å²) in [5.74, 6) is -0.368. The van der Waals surface area contributed by atoms with Crippen LogP contribution < -0.4 is 4.74 Å². The Morgan fingerprint density at radius 3 is 2.81 bits per heavy atom. The zero-order valence-corrected chi connectivity index (χ0v) is 14.5. The van der Waals surface area contributed by atoms with Crippen molar-refractivity contribution in [3.63, 3.8) is 0 Å². The van der Waals surface area contributed by atoms with E-state index in [0.29, 0.717) is 18.6 Å². The molecule has 0 bridgehead atoms. The second kappa shape index (κ2) is 7.95. The van der Waals surface area contributed by atoms with Crippen molar-refractivity contribution in [2.45, 2.75) is 32.3 Å². The molecule has 1 heterocycles. The highest BCUT2D eigenvalue weighted by Gasteiger charge is 2.08. The van der Waals surface area contributed by atoms with Crippen molar-refractivity contribution in [2.24, 2.45) is 0 Å². The van der Waals surface area contributed by atoms with Gasteiger partial charge in [0.05, 0.1) is 11.6 Å². The summed E-state index contributed by atoms with van der Waals surface area (Å²) in [7, 11) is 0. The van der Waals surface area contributed by atoms with Gasteiger partial charge in [-0.25, -0.2) is 4.39 Å². The number of carboxylic acid groups (broad SMARTS) is 1. The normalized spacial score (nSPS) is 12.1. The van der Waals surface area contributed by atoms with Gasteiger partial charge in [-0.3, -0.25) is 9.78 Å². The van der Waals surface area contributed by atoms with Crippen molar-refractivity contribution in [2.75, 3.05) is 0 Å². The van der Waals surface area contributed by atoms with Gasteiger partial charge >= 0.3 is 5.97 Å². The smallest absolute Gasteiger partial charge is 0.303 e. The zero-order valence-electron chi connectivity index (χ0n) is 14.5. The standard InChI is InChI=1S/C21H20FNO3/c1-14(4-2-7-21(24)25)26-19-8-9-20-16(12-19)10-17(13-23-20)15-5-3-6-18(22)11-15/h3,5-6,8-14H,2,4,7H2,1H3,(H,24,25). The lowest BCUT2D eigenvalue weighted by atomic mass is 10.1. The van der Waals surface area contributed by atoms with Gasteiger partial charge in [-0.15, -0.1) is 0 Å². The summed E-state index contributed by atoms with van der Waals surface area (Å²) >= 11 is 0. The minimum absolute atomic E-state index is 0.0776. The maximum atomic E-state index is 13.4. The summed E-state index contributed by atoms with van der Waals surface area (Å²) < 4.78 is 19.3. The SMILES string of the molecule is CC(CCCC(=O)O)Oc1ccc2ncc(-c3cccc(F)c3)cc2c1. The van der Waals surface area contributed by atoms with Crippen molar-refractivity contribution < 1.29 is 19.0 Å². The molecule has 0 amide bonds. The van der Waals surface area contributed by atoms with E-state index in [9.17, 15) is 9.18 Å². The molecule has 0 saturated carbocycles. The first kappa shape index (κ1) is 17.9. The van der Waals surface area contributed by atoms with Crippen molar-refractivity contribution in [1.82, 2.24) is 4.98 Å². The number of benzene rings is 2. The predicted octanol–water partition coefficient (Wildman–Crippen LogP) is 5.06. The van der Waals surface area contributed by atoms with Crippen LogP contribution in [0.15, 0.2) is 54.7 Å². The Hall–Kier alpha value is -2.95. The molecule has 5 heteroatoms. The quantitative estimate of drug-likeness (QED) is 0.645. The topological polar surface area (TPSA) is 59.4 Å².